The second kappa shape index (κ2) is 9.14. The summed E-state index contributed by atoms with van der Waals surface area (Å²) in [6, 6.07) is 16.7. The van der Waals surface area contributed by atoms with Gasteiger partial charge in [-0.25, -0.2) is 9.69 Å². The summed E-state index contributed by atoms with van der Waals surface area (Å²) in [5.74, 6) is -0.950. The van der Waals surface area contributed by atoms with Crippen LogP contribution >= 0.6 is 0 Å². The van der Waals surface area contributed by atoms with Crippen molar-refractivity contribution in [2.24, 2.45) is 0 Å². The second-order valence-corrected chi connectivity index (χ2v) is 8.86. The summed E-state index contributed by atoms with van der Waals surface area (Å²) in [6.07, 6.45) is 2.56. The number of hydrogen-bond donors (Lipinski definition) is 1. The first-order chi connectivity index (χ1) is 16.2. The molecule has 1 saturated heterocycles. The Morgan fingerprint density at radius 1 is 0.912 bits per heavy atom. The SMILES string of the molecule is CC[C@H](C)c1ccc(N2C(=O)NC(=O)/C(=C/c3cc(C)n(-c4ccc(C)cc4)c3C)C2=O)cc1. The van der Waals surface area contributed by atoms with Gasteiger partial charge in [0.05, 0.1) is 5.69 Å². The van der Waals surface area contributed by atoms with E-state index in [1.807, 2.05) is 63.2 Å². The summed E-state index contributed by atoms with van der Waals surface area (Å²) < 4.78 is 2.08. The van der Waals surface area contributed by atoms with E-state index in [1.54, 1.807) is 18.2 Å². The van der Waals surface area contributed by atoms with Gasteiger partial charge in [0.1, 0.15) is 5.57 Å². The number of barbiturate groups is 1. The quantitative estimate of drug-likeness (QED) is 0.403. The number of hydrogen-bond acceptors (Lipinski definition) is 3. The van der Waals surface area contributed by atoms with Crippen molar-refractivity contribution in [1.82, 2.24) is 9.88 Å². The topological polar surface area (TPSA) is 71.4 Å². The van der Waals surface area contributed by atoms with Crippen molar-refractivity contribution >= 4 is 29.6 Å². The smallest absolute Gasteiger partial charge is 0.318 e. The number of benzene rings is 2. The second-order valence-electron chi connectivity index (χ2n) is 8.86. The molecule has 6 nitrogen and oxygen atoms in total. The largest absolute Gasteiger partial charge is 0.335 e. The van der Waals surface area contributed by atoms with Gasteiger partial charge >= 0.3 is 6.03 Å². The number of imide groups is 2. The molecule has 1 aromatic heterocycles. The van der Waals surface area contributed by atoms with Crippen LogP contribution in [0.15, 0.2) is 60.2 Å². The third-order valence-corrected chi connectivity index (χ3v) is 6.50. The number of carbonyl (C=O) groups is 3. The molecule has 1 fully saturated rings. The average Bonchev–Trinajstić information content (AvgIpc) is 3.09. The first-order valence-electron chi connectivity index (χ1n) is 11.5. The minimum Gasteiger partial charge on any atom is -0.318 e. The van der Waals surface area contributed by atoms with Crippen LogP contribution in [0.5, 0.6) is 0 Å². The molecule has 0 saturated carbocycles. The van der Waals surface area contributed by atoms with E-state index in [0.717, 1.165) is 39.5 Å². The zero-order valence-corrected chi connectivity index (χ0v) is 20.2. The number of aryl methyl sites for hydroxylation is 2. The van der Waals surface area contributed by atoms with E-state index < -0.39 is 17.8 Å². The van der Waals surface area contributed by atoms with Crippen LogP contribution in [-0.4, -0.2) is 22.4 Å². The number of aromatic nitrogens is 1. The maximum absolute atomic E-state index is 13.3. The molecule has 0 unspecified atom stereocenters. The van der Waals surface area contributed by atoms with Gasteiger partial charge < -0.3 is 4.57 Å². The van der Waals surface area contributed by atoms with Crippen molar-refractivity contribution in [3.05, 3.63) is 88.2 Å². The van der Waals surface area contributed by atoms with Crippen LogP contribution in [0.25, 0.3) is 11.8 Å². The van der Waals surface area contributed by atoms with Crippen molar-refractivity contribution in [3.8, 4) is 5.69 Å². The van der Waals surface area contributed by atoms with Crippen molar-refractivity contribution in [1.29, 1.82) is 0 Å². The van der Waals surface area contributed by atoms with Gasteiger partial charge in [-0.1, -0.05) is 43.7 Å². The van der Waals surface area contributed by atoms with Gasteiger partial charge in [0.15, 0.2) is 0 Å². The first kappa shape index (κ1) is 23.2. The van der Waals surface area contributed by atoms with Gasteiger partial charge in [-0.05, 0) is 80.6 Å². The number of anilines is 1. The first-order valence-corrected chi connectivity index (χ1v) is 11.5. The summed E-state index contributed by atoms with van der Waals surface area (Å²) in [7, 11) is 0. The third kappa shape index (κ3) is 4.19. The number of nitrogens with zero attached hydrogens (tertiary/aromatic N) is 2. The Kier molecular flexibility index (Phi) is 6.24. The fourth-order valence-corrected chi connectivity index (χ4v) is 4.26. The minimum absolute atomic E-state index is 0.0743. The predicted octanol–water partition coefficient (Wildman–Crippen LogP) is 5.58. The number of carbonyl (C=O) groups excluding carboxylic acids is 3. The molecule has 0 radical (unpaired) electrons. The van der Waals surface area contributed by atoms with E-state index in [0.29, 0.717) is 11.6 Å². The molecule has 1 atom stereocenters. The van der Waals surface area contributed by atoms with Crippen molar-refractivity contribution in [3.63, 3.8) is 0 Å². The molecule has 34 heavy (non-hydrogen) atoms. The molecule has 2 aromatic carbocycles. The molecule has 0 spiro atoms. The predicted molar refractivity (Wildman–Crippen MR) is 134 cm³/mol. The molecule has 4 rings (SSSR count). The van der Waals surface area contributed by atoms with E-state index >= 15 is 0 Å². The summed E-state index contributed by atoms with van der Waals surface area (Å²) in [6.45, 7) is 10.2. The van der Waals surface area contributed by atoms with E-state index in [2.05, 4.69) is 23.7 Å². The maximum Gasteiger partial charge on any atom is 0.335 e. The molecule has 0 bridgehead atoms. The summed E-state index contributed by atoms with van der Waals surface area (Å²) >= 11 is 0. The monoisotopic (exact) mass is 455 g/mol. The van der Waals surface area contributed by atoms with Crippen LogP contribution < -0.4 is 10.2 Å². The van der Waals surface area contributed by atoms with E-state index in [9.17, 15) is 14.4 Å². The summed E-state index contributed by atoms with van der Waals surface area (Å²) in [5.41, 5.74) is 6.28. The Morgan fingerprint density at radius 2 is 1.53 bits per heavy atom. The van der Waals surface area contributed by atoms with Crippen LogP contribution in [0.4, 0.5) is 10.5 Å². The molecule has 3 aromatic rings. The number of nitrogens with one attached hydrogen (secondary N) is 1. The van der Waals surface area contributed by atoms with Crippen molar-refractivity contribution < 1.29 is 14.4 Å². The number of rotatable bonds is 5. The molecule has 0 aliphatic carbocycles. The highest BCUT2D eigenvalue weighted by Gasteiger charge is 2.37. The molecular weight excluding hydrogens is 426 g/mol. The summed E-state index contributed by atoms with van der Waals surface area (Å²) in [5, 5.41) is 2.31. The van der Waals surface area contributed by atoms with Gasteiger partial charge in [0.25, 0.3) is 11.8 Å². The highest BCUT2D eigenvalue weighted by atomic mass is 16.2. The lowest BCUT2D eigenvalue weighted by molar-refractivity contribution is -0.122. The van der Waals surface area contributed by atoms with Crippen LogP contribution in [0.3, 0.4) is 0 Å². The van der Waals surface area contributed by atoms with Crippen LogP contribution in [0.1, 0.15) is 54.3 Å². The Labute approximate surface area is 199 Å². The van der Waals surface area contributed by atoms with Gasteiger partial charge in [-0.3, -0.25) is 14.9 Å². The number of urea groups is 1. The van der Waals surface area contributed by atoms with E-state index in [4.69, 9.17) is 0 Å². The number of amides is 4. The third-order valence-electron chi connectivity index (χ3n) is 6.50. The molecule has 6 heteroatoms. The molecule has 1 aliphatic rings. The Bertz CT molecular complexity index is 1300. The van der Waals surface area contributed by atoms with Crippen molar-refractivity contribution in [2.45, 2.75) is 47.0 Å². The highest BCUT2D eigenvalue weighted by Crippen LogP contribution is 2.27. The Balaban J connectivity index is 1.70. The molecule has 1 aliphatic heterocycles. The minimum atomic E-state index is -0.742. The maximum atomic E-state index is 13.3. The van der Waals surface area contributed by atoms with E-state index in [1.165, 1.54) is 5.56 Å². The highest BCUT2D eigenvalue weighted by molar-refractivity contribution is 6.39. The van der Waals surface area contributed by atoms with E-state index in [-0.39, 0.29) is 5.57 Å². The molecule has 4 amide bonds. The molecule has 2 heterocycles. The standard InChI is InChI=1S/C28H29N3O3/c1-6-18(3)21-9-13-24(14-10-21)31-27(33)25(26(32)29-28(31)34)16-22-15-19(4)30(20(22)5)23-11-7-17(2)8-12-23/h7-16,18H,6H2,1-5H3,(H,29,32,34)/b25-16-/t18-/m0/s1. The fraction of sp³-hybridized carbons (Fsp3) is 0.250. The lowest BCUT2D eigenvalue weighted by Gasteiger charge is -2.26. The summed E-state index contributed by atoms with van der Waals surface area (Å²) in [4.78, 5) is 39.5. The lowest BCUT2D eigenvalue weighted by Crippen LogP contribution is -2.54. The van der Waals surface area contributed by atoms with Gasteiger partial charge in [-0.2, -0.15) is 0 Å². The van der Waals surface area contributed by atoms with Crippen LogP contribution in [0.2, 0.25) is 0 Å². The normalized spacial score (nSPS) is 16.2. The van der Waals surface area contributed by atoms with Gasteiger partial charge in [0.2, 0.25) is 0 Å². The average molecular weight is 456 g/mol. The zero-order valence-electron chi connectivity index (χ0n) is 20.2. The van der Waals surface area contributed by atoms with Crippen LogP contribution in [-0.2, 0) is 9.59 Å². The van der Waals surface area contributed by atoms with Crippen molar-refractivity contribution in [2.75, 3.05) is 4.90 Å². The van der Waals surface area contributed by atoms with Gasteiger partial charge in [-0.15, -0.1) is 0 Å². The lowest BCUT2D eigenvalue weighted by atomic mass is 9.98. The Morgan fingerprint density at radius 3 is 2.15 bits per heavy atom. The Hall–Kier alpha value is -3.93. The van der Waals surface area contributed by atoms with Crippen LogP contribution in [0, 0.1) is 20.8 Å². The van der Waals surface area contributed by atoms with Gasteiger partial charge in [0, 0.05) is 17.1 Å². The fourth-order valence-electron chi connectivity index (χ4n) is 4.26. The molecule has 1 N–H and O–H groups in total. The zero-order chi connectivity index (χ0) is 24.6. The molecule has 174 valence electrons. The molecular formula is C28H29N3O3.